The van der Waals surface area contributed by atoms with Crippen LogP contribution in [0.4, 0.5) is 0 Å². The summed E-state index contributed by atoms with van der Waals surface area (Å²) in [6.45, 7) is 4.03. The SMILES string of the molecule is CC(C)Oc1ccc(-n2c(=S)[nH]c3ccc(Br)cc32)cc1. The Labute approximate surface area is 136 Å². The summed E-state index contributed by atoms with van der Waals surface area (Å²) in [4.78, 5) is 3.23. The Morgan fingerprint density at radius 3 is 2.52 bits per heavy atom. The lowest BCUT2D eigenvalue weighted by molar-refractivity contribution is 0.242. The van der Waals surface area contributed by atoms with Crippen LogP contribution in [0.1, 0.15) is 13.8 Å². The second-order valence-corrected chi connectivity index (χ2v) is 6.39. The Balaban J connectivity index is 2.09. The number of aromatic nitrogens is 2. The van der Waals surface area contributed by atoms with E-state index in [1.165, 1.54) is 0 Å². The molecule has 1 heterocycles. The van der Waals surface area contributed by atoms with Crippen LogP contribution >= 0.6 is 28.1 Å². The van der Waals surface area contributed by atoms with E-state index in [2.05, 4.69) is 27.0 Å². The zero-order valence-corrected chi connectivity index (χ0v) is 14.2. The zero-order valence-electron chi connectivity index (χ0n) is 11.8. The lowest BCUT2D eigenvalue weighted by Crippen LogP contribution is -2.05. The molecule has 0 aliphatic heterocycles. The first kappa shape index (κ1) is 14.4. The summed E-state index contributed by atoms with van der Waals surface area (Å²) in [5.74, 6) is 0.862. The summed E-state index contributed by atoms with van der Waals surface area (Å²) in [6, 6.07) is 14.0. The van der Waals surface area contributed by atoms with E-state index in [9.17, 15) is 0 Å². The van der Waals surface area contributed by atoms with Gasteiger partial charge in [0, 0.05) is 10.2 Å². The molecule has 0 aliphatic carbocycles. The summed E-state index contributed by atoms with van der Waals surface area (Å²) in [5, 5.41) is 0. The predicted octanol–water partition coefficient (Wildman–Crippen LogP) is 5.24. The Bertz CT molecular complexity index is 834. The number of hydrogen-bond acceptors (Lipinski definition) is 2. The molecule has 0 amide bonds. The van der Waals surface area contributed by atoms with Gasteiger partial charge < -0.3 is 9.72 Å². The molecule has 0 unspecified atom stereocenters. The molecule has 0 atom stereocenters. The van der Waals surface area contributed by atoms with Gasteiger partial charge in [-0.25, -0.2) is 0 Å². The van der Waals surface area contributed by atoms with Gasteiger partial charge in [0.2, 0.25) is 0 Å². The smallest absolute Gasteiger partial charge is 0.182 e. The molecule has 1 aromatic heterocycles. The van der Waals surface area contributed by atoms with Gasteiger partial charge in [0.15, 0.2) is 4.77 Å². The molecule has 3 nitrogen and oxygen atoms in total. The number of rotatable bonds is 3. The van der Waals surface area contributed by atoms with Crippen molar-refractivity contribution in [2.45, 2.75) is 20.0 Å². The first-order chi connectivity index (χ1) is 10.0. The van der Waals surface area contributed by atoms with Crippen LogP contribution in [-0.2, 0) is 0 Å². The minimum absolute atomic E-state index is 0.169. The highest BCUT2D eigenvalue weighted by atomic mass is 79.9. The average molecular weight is 363 g/mol. The molecule has 2 aromatic carbocycles. The number of hydrogen-bond donors (Lipinski definition) is 1. The largest absolute Gasteiger partial charge is 0.491 e. The first-order valence-corrected chi connectivity index (χ1v) is 7.92. The van der Waals surface area contributed by atoms with Crippen molar-refractivity contribution in [1.82, 2.24) is 9.55 Å². The van der Waals surface area contributed by atoms with Crippen molar-refractivity contribution >= 4 is 39.2 Å². The number of fused-ring (bicyclic) bond motifs is 1. The average Bonchev–Trinajstić information content (AvgIpc) is 2.74. The monoisotopic (exact) mass is 362 g/mol. The van der Waals surface area contributed by atoms with Crippen molar-refractivity contribution in [1.29, 1.82) is 0 Å². The van der Waals surface area contributed by atoms with Crippen LogP contribution in [0.2, 0.25) is 0 Å². The fourth-order valence-corrected chi connectivity index (χ4v) is 2.94. The quantitative estimate of drug-likeness (QED) is 0.645. The number of H-pyrrole nitrogens is 1. The highest BCUT2D eigenvalue weighted by Crippen LogP contribution is 2.24. The second-order valence-electron chi connectivity index (χ2n) is 5.09. The van der Waals surface area contributed by atoms with E-state index in [0.29, 0.717) is 4.77 Å². The zero-order chi connectivity index (χ0) is 15.0. The number of nitrogens with one attached hydrogen (secondary N) is 1. The molecule has 0 fully saturated rings. The maximum absolute atomic E-state index is 5.67. The molecular weight excluding hydrogens is 348 g/mol. The molecule has 0 saturated heterocycles. The molecule has 0 radical (unpaired) electrons. The van der Waals surface area contributed by atoms with Gasteiger partial charge in [-0.05, 0) is 68.5 Å². The minimum Gasteiger partial charge on any atom is -0.491 e. The molecule has 5 heteroatoms. The summed E-state index contributed by atoms with van der Waals surface area (Å²) < 4.78 is 9.40. The van der Waals surface area contributed by atoms with Crippen LogP contribution in [0.3, 0.4) is 0 Å². The van der Waals surface area contributed by atoms with Crippen molar-refractivity contribution in [2.24, 2.45) is 0 Å². The normalized spacial score (nSPS) is 11.2. The van der Waals surface area contributed by atoms with Gasteiger partial charge >= 0.3 is 0 Å². The third-order valence-electron chi connectivity index (χ3n) is 3.11. The summed E-state index contributed by atoms with van der Waals surface area (Å²) in [7, 11) is 0. The van der Waals surface area contributed by atoms with Gasteiger partial charge in [-0.1, -0.05) is 15.9 Å². The van der Waals surface area contributed by atoms with E-state index >= 15 is 0 Å². The molecule has 0 saturated carbocycles. The maximum atomic E-state index is 5.67. The van der Waals surface area contributed by atoms with E-state index in [-0.39, 0.29) is 6.10 Å². The highest BCUT2D eigenvalue weighted by Gasteiger charge is 2.07. The number of benzene rings is 2. The van der Waals surface area contributed by atoms with Gasteiger partial charge in [0.1, 0.15) is 5.75 Å². The van der Waals surface area contributed by atoms with Crippen molar-refractivity contribution in [3.63, 3.8) is 0 Å². The fourth-order valence-electron chi connectivity index (χ4n) is 2.28. The lowest BCUT2D eigenvalue weighted by atomic mass is 10.2. The van der Waals surface area contributed by atoms with Crippen molar-refractivity contribution in [3.8, 4) is 11.4 Å². The fraction of sp³-hybridized carbons (Fsp3) is 0.188. The van der Waals surface area contributed by atoms with E-state index in [0.717, 1.165) is 26.9 Å². The maximum Gasteiger partial charge on any atom is 0.182 e. The van der Waals surface area contributed by atoms with E-state index in [1.807, 2.05) is 54.8 Å². The van der Waals surface area contributed by atoms with Gasteiger partial charge in [-0.3, -0.25) is 4.57 Å². The van der Waals surface area contributed by atoms with Crippen LogP contribution < -0.4 is 4.74 Å². The number of halogens is 1. The lowest BCUT2D eigenvalue weighted by Gasteiger charge is -2.11. The third kappa shape index (κ3) is 2.89. The number of nitrogens with zero attached hydrogens (tertiary/aromatic N) is 1. The molecular formula is C16H15BrN2OS. The summed E-state index contributed by atoms with van der Waals surface area (Å²) in [5.41, 5.74) is 3.08. The summed E-state index contributed by atoms with van der Waals surface area (Å²) >= 11 is 8.95. The highest BCUT2D eigenvalue weighted by molar-refractivity contribution is 9.10. The molecule has 0 bridgehead atoms. The molecule has 0 aliphatic rings. The Hall–Kier alpha value is -1.59. The van der Waals surface area contributed by atoms with E-state index in [1.54, 1.807) is 0 Å². The number of imidazole rings is 1. The molecule has 21 heavy (non-hydrogen) atoms. The predicted molar refractivity (Wildman–Crippen MR) is 91.9 cm³/mol. The first-order valence-electron chi connectivity index (χ1n) is 6.72. The minimum atomic E-state index is 0.169. The Morgan fingerprint density at radius 1 is 1.14 bits per heavy atom. The second kappa shape index (κ2) is 5.66. The van der Waals surface area contributed by atoms with Crippen LogP contribution in [0, 0.1) is 4.77 Å². The van der Waals surface area contributed by atoms with E-state index < -0.39 is 0 Å². The Morgan fingerprint density at radius 2 is 1.86 bits per heavy atom. The molecule has 3 rings (SSSR count). The van der Waals surface area contributed by atoms with Crippen molar-refractivity contribution < 1.29 is 4.74 Å². The van der Waals surface area contributed by atoms with Gasteiger partial charge in [-0.15, -0.1) is 0 Å². The third-order valence-corrected chi connectivity index (χ3v) is 3.89. The molecule has 1 N–H and O–H groups in total. The van der Waals surface area contributed by atoms with Gasteiger partial charge in [-0.2, -0.15) is 0 Å². The van der Waals surface area contributed by atoms with Crippen LogP contribution in [0.15, 0.2) is 46.9 Å². The Kier molecular flexibility index (Phi) is 3.87. The van der Waals surface area contributed by atoms with Crippen molar-refractivity contribution in [2.75, 3.05) is 0 Å². The molecule has 108 valence electrons. The van der Waals surface area contributed by atoms with Crippen LogP contribution in [0.5, 0.6) is 5.75 Å². The van der Waals surface area contributed by atoms with Crippen LogP contribution in [-0.4, -0.2) is 15.7 Å². The number of aromatic amines is 1. The topological polar surface area (TPSA) is 29.9 Å². The van der Waals surface area contributed by atoms with Gasteiger partial charge in [0.25, 0.3) is 0 Å². The molecule has 3 aromatic rings. The van der Waals surface area contributed by atoms with E-state index in [4.69, 9.17) is 17.0 Å². The summed E-state index contributed by atoms with van der Waals surface area (Å²) in [6.07, 6.45) is 0.169. The standard InChI is InChI=1S/C16H15BrN2OS/c1-10(2)20-13-6-4-12(5-7-13)19-15-9-11(17)3-8-14(15)18-16(19)21/h3-10H,1-2H3,(H,18,21). The van der Waals surface area contributed by atoms with Crippen LogP contribution in [0.25, 0.3) is 16.7 Å². The van der Waals surface area contributed by atoms with Crippen molar-refractivity contribution in [3.05, 3.63) is 51.7 Å². The molecule has 0 spiro atoms. The van der Waals surface area contributed by atoms with Gasteiger partial charge in [0.05, 0.1) is 17.1 Å². The number of ether oxygens (including phenoxy) is 1.